The SMILES string of the molecule is CCOc1ccccc1NC(=O)CN1CCC(Cn2cnc3ccccc32)CC1. The molecule has 1 aromatic heterocycles. The van der Waals surface area contributed by atoms with Crippen LogP contribution in [0.4, 0.5) is 5.69 Å². The maximum absolute atomic E-state index is 12.5. The molecule has 0 aliphatic carbocycles. The molecule has 6 nitrogen and oxygen atoms in total. The summed E-state index contributed by atoms with van der Waals surface area (Å²) in [6.45, 7) is 5.81. The molecule has 29 heavy (non-hydrogen) atoms. The first-order chi connectivity index (χ1) is 14.2. The number of nitrogens with one attached hydrogen (secondary N) is 1. The van der Waals surface area contributed by atoms with Crippen LogP contribution in [-0.4, -0.2) is 46.6 Å². The number of aromatic nitrogens is 2. The Morgan fingerprint density at radius 1 is 1.14 bits per heavy atom. The Labute approximate surface area is 171 Å². The standard InChI is InChI=1S/C23H28N4O2/c1-2-29-22-10-6-4-8-20(22)25-23(28)16-26-13-11-18(12-14-26)15-27-17-24-19-7-3-5-9-21(19)27/h3-10,17-18H,2,11-16H2,1H3,(H,25,28). The van der Waals surface area contributed by atoms with E-state index in [2.05, 4.69) is 38.0 Å². The fourth-order valence-corrected chi connectivity index (χ4v) is 4.01. The highest BCUT2D eigenvalue weighted by Gasteiger charge is 2.22. The minimum Gasteiger partial charge on any atom is -0.492 e. The molecule has 3 aromatic rings. The number of hydrogen-bond acceptors (Lipinski definition) is 4. The number of rotatable bonds is 7. The zero-order chi connectivity index (χ0) is 20.1. The molecule has 0 bridgehead atoms. The summed E-state index contributed by atoms with van der Waals surface area (Å²) < 4.78 is 7.84. The van der Waals surface area contributed by atoms with Gasteiger partial charge in [0.2, 0.25) is 5.91 Å². The molecule has 1 aliphatic rings. The van der Waals surface area contributed by atoms with Crippen molar-refractivity contribution in [2.24, 2.45) is 5.92 Å². The molecule has 1 saturated heterocycles. The van der Waals surface area contributed by atoms with Crippen molar-refractivity contribution >= 4 is 22.6 Å². The summed E-state index contributed by atoms with van der Waals surface area (Å²) in [7, 11) is 0. The third kappa shape index (κ3) is 4.77. The van der Waals surface area contributed by atoms with Gasteiger partial charge in [0.25, 0.3) is 0 Å². The molecule has 0 spiro atoms. The highest BCUT2D eigenvalue weighted by Crippen LogP contribution is 2.24. The van der Waals surface area contributed by atoms with E-state index in [0.717, 1.165) is 49.4 Å². The van der Waals surface area contributed by atoms with Crippen molar-refractivity contribution in [1.82, 2.24) is 14.5 Å². The Balaban J connectivity index is 1.27. The van der Waals surface area contributed by atoms with Gasteiger partial charge in [-0.3, -0.25) is 9.69 Å². The fraction of sp³-hybridized carbons (Fsp3) is 0.391. The molecule has 0 atom stereocenters. The van der Waals surface area contributed by atoms with Crippen molar-refractivity contribution in [1.29, 1.82) is 0 Å². The monoisotopic (exact) mass is 392 g/mol. The third-order valence-electron chi connectivity index (χ3n) is 5.52. The van der Waals surface area contributed by atoms with Gasteiger partial charge >= 0.3 is 0 Å². The number of fused-ring (bicyclic) bond motifs is 1. The quantitative estimate of drug-likeness (QED) is 0.665. The minimum atomic E-state index is 0.0104. The summed E-state index contributed by atoms with van der Waals surface area (Å²) in [4.78, 5) is 19.2. The summed E-state index contributed by atoms with van der Waals surface area (Å²) in [5, 5.41) is 2.99. The summed E-state index contributed by atoms with van der Waals surface area (Å²) in [6, 6.07) is 15.8. The molecule has 1 fully saturated rings. The molecule has 0 unspecified atom stereocenters. The van der Waals surface area contributed by atoms with Gasteiger partial charge in [0.1, 0.15) is 5.75 Å². The molecule has 0 radical (unpaired) electrons. The smallest absolute Gasteiger partial charge is 0.238 e. The number of imidazole rings is 1. The topological polar surface area (TPSA) is 59.4 Å². The van der Waals surface area contributed by atoms with Gasteiger partial charge in [0.05, 0.1) is 36.2 Å². The second-order valence-corrected chi connectivity index (χ2v) is 7.58. The number of nitrogens with zero attached hydrogens (tertiary/aromatic N) is 3. The third-order valence-corrected chi connectivity index (χ3v) is 5.52. The number of benzene rings is 2. The van der Waals surface area contributed by atoms with E-state index in [1.54, 1.807) is 0 Å². The number of carbonyl (C=O) groups excluding carboxylic acids is 1. The Hall–Kier alpha value is -2.86. The maximum Gasteiger partial charge on any atom is 0.238 e. The summed E-state index contributed by atoms with van der Waals surface area (Å²) in [6.07, 6.45) is 4.13. The van der Waals surface area contributed by atoms with E-state index in [0.29, 0.717) is 19.1 Å². The van der Waals surface area contributed by atoms with Crippen LogP contribution >= 0.6 is 0 Å². The minimum absolute atomic E-state index is 0.0104. The van der Waals surface area contributed by atoms with E-state index in [1.807, 2.05) is 43.6 Å². The first-order valence-corrected chi connectivity index (χ1v) is 10.4. The molecular weight excluding hydrogens is 364 g/mol. The van der Waals surface area contributed by atoms with Crippen molar-refractivity contribution in [2.75, 3.05) is 31.6 Å². The van der Waals surface area contributed by atoms with Crippen LogP contribution < -0.4 is 10.1 Å². The van der Waals surface area contributed by atoms with Crippen molar-refractivity contribution in [3.63, 3.8) is 0 Å². The Bertz CT molecular complexity index is 960. The normalized spacial score (nSPS) is 15.5. The van der Waals surface area contributed by atoms with Crippen molar-refractivity contribution in [2.45, 2.75) is 26.3 Å². The van der Waals surface area contributed by atoms with Crippen LogP contribution in [0.15, 0.2) is 54.9 Å². The van der Waals surface area contributed by atoms with Gasteiger partial charge in [0.15, 0.2) is 0 Å². The number of anilines is 1. The van der Waals surface area contributed by atoms with Crippen LogP contribution in [0.1, 0.15) is 19.8 Å². The van der Waals surface area contributed by atoms with Gasteiger partial charge < -0.3 is 14.6 Å². The second kappa shape index (κ2) is 9.09. The lowest BCUT2D eigenvalue weighted by molar-refractivity contribution is -0.117. The molecule has 0 saturated carbocycles. The summed E-state index contributed by atoms with van der Waals surface area (Å²) >= 11 is 0. The molecule has 152 valence electrons. The number of hydrogen-bond donors (Lipinski definition) is 1. The van der Waals surface area contributed by atoms with E-state index in [1.165, 1.54) is 5.52 Å². The zero-order valence-corrected chi connectivity index (χ0v) is 16.9. The predicted molar refractivity (Wildman–Crippen MR) is 115 cm³/mol. The summed E-state index contributed by atoms with van der Waals surface area (Å²) in [5.41, 5.74) is 2.98. The highest BCUT2D eigenvalue weighted by molar-refractivity contribution is 5.93. The number of ether oxygens (including phenoxy) is 1. The maximum atomic E-state index is 12.5. The van der Waals surface area contributed by atoms with Crippen molar-refractivity contribution in [3.8, 4) is 5.75 Å². The molecule has 1 aliphatic heterocycles. The van der Waals surface area contributed by atoms with Crippen molar-refractivity contribution < 1.29 is 9.53 Å². The Morgan fingerprint density at radius 2 is 1.90 bits per heavy atom. The van der Waals surface area contributed by atoms with E-state index in [4.69, 9.17) is 4.74 Å². The number of carbonyl (C=O) groups is 1. The van der Waals surface area contributed by atoms with E-state index < -0.39 is 0 Å². The molecule has 1 amide bonds. The van der Waals surface area contributed by atoms with Gasteiger partial charge in [-0.2, -0.15) is 0 Å². The number of para-hydroxylation sites is 4. The van der Waals surface area contributed by atoms with Gasteiger partial charge in [0, 0.05) is 6.54 Å². The van der Waals surface area contributed by atoms with E-state index >= 15 is 0 Å². The first-order valence-electron chi connectivity index (χ1n) is 10.4. The van der Waals surface area contributed by atoms with Gasteiger partial charge in [-0.15, -0.1) is 0 Å². The molecule has 4 rings (SSSR count). The van der Waals surface area contributed by atoms with Gasteiger partial charge in [-0.25, -0.2) is 4.98 Å². The Kier molecular flexibility index (Phi) is 6.10. The number of piperidine rings is 1. The van der Waals surface area contributed by atoms with Crippen LogP contribution in [0.2, 0.25) is 0 Å². The largest absolute Gasteiger partial charge is 0.492 e. The van der Waals surface area contributed by atoms with E-state index in [9.17, 15) is 4.79 Å². The lowest BCUT2D eigenvalue weighted by Crippen LogP contribution is -2.40. The molecular formula is C23H28N4O2. The Morgan fingerprint density at radius 3 is 2.72 bits per heavy atom. The molecule has 1 N–H and O–H groups in total. The highest BCUT2D eigenvalue weighted by atomic mass is 16.5. The first kappa shape index (κ1) is 19.5. The molecule has 2 aromatic carbocycles. The number of amides is 1. The van der Waals surface area contributed by atoms with Gasteiger partial charge in [-0.1, -0.05) is 24.3 Å². The van der Waals surface area contributed by atoms with Gasteiger partial charge in [-0.05, 0) is 63.0 Å². The fourth-order valence-electron chi connectivity index (χ4n) is 4.01. The zero-order valence-electron chi connectivity index (χ0n) is 16.9. The van der Waals surface area contributed by atoms with E-state index in [-0.39, 0.29) is 5.91 Å². The van der Waals surface area contributed by atoms with Crippen molar-refractivity contribution in [3.05, 3.63) is 54.9 Å². The lowest BCUT2D eigenvalue weighted by atomic mass is 9.96. The van der Waals surface area contributed by atoms with Crippen LogP contribution in [-0.2, 0) is 11.3 Å². The van der Waals surface area contributed by atoms with Crippen LogP contribution in [0.5, 0.6) is 5.75 Å². The average molecular weight is 393 g/mol. The number of likely N-dealkylation sites (tertiary alicyclic amines) is 1. The summed E-state index contributed by atoms with van der Waals surface area (Å²) in [5.74, 6) is 1.34. The van der Waals surface area contributed by atoms with Crippen LogP contribution in [0, 0.1) is 5.92 Å². The second-order valence-electron chi connectivity index (χ2n) is 7.58. The lowest BCUT2D eigenvalue weighted by Gasteiger charge is -2.31. The molecule has 6 heteroatoms. The van der Waals surface area contributed by atoms with Crippen LogP contribution in [0.25, 0.3) is 11.0 Å². The average Bonchev–Trinajstić information content (AvgIpc) is 3.14. The van der Waals surface area contributed by atoms with Crippen LogP contribution in [0.3, 0.4) is 0 Å². The molecule has 2 heterocycles. The predicted octanol–water partition coefficient (Wildman–Crippen LogP) is 3.79.